The Morgan fingerprint density at radius 3 is 2.72 bits per heavy atom. The van der Waals surface area contributed by atoms with E-state index < -0.39 is 0 Å². The lowest BCUT2D eigenvalue weighted by atomic mass is 10.2. The third-order valence-corrected chi connectivity index (χ3v) is 3.11. The van der Waals surface area contributed by atoms with E-state index in [4.69, 9.17) is 28.9 Å². The van der Waals surface area contributed by atoms with Crippen molar-refractivity contribution in [1.82, 2.24) is 9.97 Å². The molecule has 0 saturated carbocycles. The molecule has 1 heterocycles. The number of benzene rings is 1. The first-order chi connectivity index (χ1) is 8.58. The number of aromatic nitrogens is 2. The van der Waals surface area contributed by atoms with Crippen molar-refractivity contribution >= 4 is 52.2 Å². The highest BCUT2D eigenvalue weighted by molar-refractivity contribution is 7.98. The van der Waals surface area contributed by atoms with Gasteiger partial charge in [-0.15, -0.1) is 0 Å². The average molecular weight is 301 g/mol. The molecule has 3 N–H and O–H groups in total. The molecule has 94 valence electrons. The fourth-order valence-corrected chi connectivity index (χ4v) is 2.11. The first-order valence-electron chi connectivity index (χ1n) is 4.99. The van der Waals surface area contributed by atoms with Gasteiger partial charge < -0.3 is 11.1 Å². The number of nitrogen functional groups attached to an aromatic ring is 1. The van der Waals surface area contributed by atoms with E-state index in [9.17, 15) is 0 Å². The van der Waals surface area contributed by atoms with Crippen LogP contribution in [0.5, 0.6) is 0 Å². The van der Waals surface area contributed by atoms with E-state index in [1.54, 1.807) is 24.3 Å². The fraction of sp³-hybridized carbons (Fsp3) is 0.0909. The highest BCUT2D eigenvalue weighted by atomic mass is 35.5. The highest BCUT2D eigenvalue weighted by Gasteiger charge is 2.05. The van der Waals surface area contributed by atoms with E-state index >= 15 is 0 Å². The summed E-state index contributed by atoms with van der Waals surface area (Å²) in [5.41, 5.74) is 7.11. The van der Waals surface area contributed by atoms with Gasteiger partial charge in [0.1, 0.15) is 11.0 Å². The molecule has 0 radical (unpaired) electrons. The second-order valence-corrected chi connectivity index (χ2v) is 5.02. The molecule has 0 bridgehead atoms. The predicted molar refractivity (Wildman–Crippen MR) is 78.0 cm³/mol. The summed E-state index contributed by atoms with van der Waals surface area (Å²) < 4.78 is 0. The van der Waals surface area contributed by atoms with Gasteiger partial charge in [-0.1, -0.05) is 35.0 Å². The lowest BCUT2D eigenvalue weighted by molar-refractivity contribution is 0.976. The minimum atomic E-state index is 0.373. The van der Waals surface area contributed by atoms with Gasteiger partial charge in [0.15, 0.2) is 5.16 Å². The van der Waals surface area contributed by atoms with Crippen LogP contribution >= 0.6 is 35.0 Å². The predicted octanol–water partition coefficient (Wildman–Crippen LogP) is 3.83. The topological polar surface area (TPSA) is 63.8 Å². The Kier molecular flexibility index (Phi) is 4.16. The summed E-state index contributed by atoms with van der Waals surface area (Å²) in [6.45, 7) is 0. The van der Waals surface area contributed by atoms with Crippen LogP contribution in [0.2, 0.25) is 10.2 Å². The molecule has 2 aromatic rings. The molecule has 0 spiro atoms. The van der Waals surface area contributed by atoms with Crippen molar-refractivity contribution < 1.29 is 0 Å². The molecule has 0 fully saturated rings. The zero-order valence-electron chi connectivity index (χ0n) is 9.45. The Morgan fingerprint density at radius 1 is 1.22 bits per heavy atom. The van der Waals surface area contributed by atoms with Gasteiger partial charge in [-0.2, -0.15) is 0 Å². The molecule has 0 atom stereocenters. The quantitative estimate of drug-likeness (QED) is 0.390. The van der Waals surface area contributed by atoms with Crippen molar-refractivity contribution in [3.63, 3.8) is 0 Å². The van der Waals surface area contributed by atoms with Crippen molar-refractivity contribution in [3.8, 4) is 0 Å². The average Bonchev–Trinajstić information content (AvgIpc) is 2.33. The van der Waals surface area contributed by atoms with Crippen molar-refractivity contribution in [3.05, 3.63) is 34.4 Å². The first-order valence-corrected chi connectivity index (χ1v) is 6.97. The van der Waals surface area contributed by atoms with Gasteiger partial charge in [-0.25, -0.2) is 9.97 Å². The van der Waals surface area contributed by atoms with E-state index in [1.807, 2.05) is 6.26 Å². The van der Waals surface area contributed by atoms with E-state index in [0.29, 0.717) is 32.5 Å². The molecule has 0 aliphatic carbocycles. The van der Waals surface area contributed by atoms with E-state index in [0.717, 1.165) is 0 Å². The van der Waals surface area contributed by atoms with Crippen LogP contribution in [-0.4, -0.2) is 16.2 Å². The first kappa shape index (κ1) is 13.3. The van der Waals surface area contributed by atoms with Crippen LogP contribution in [0.4, 0.5) is 17.2 Å². The van der Waals surface area contributed by atoms with Crippen LogP contribution < -0.4 is 11.1 Å². The van der Waals surface area contributed by atoms with Crippen LogP contribution in [0.25, 0.3) is 0 Å². The van der Waals surface area contributed by atoms with E-state index in [-0.39, 0.29) is 0 Å². The van der Waals surface area contributed by atoms with E-state index in [2.05, 4.69) is 15.3 Å². The number of nitrogens with zero attached hydrogens (tertiary/aromatic N) is 2. The summed E-state index contributed by atoms with van der Waals surface area (Å²) in [5, 5.41) is 4.63. The molecule has 18 heavy (non-hydrogen) atoms. The Labute approximate surface area is 119 Å². The van der Waals surface area contributed by atoms with Crippen molar-refractivity contribution in [2.24, 2.45) is 0 Å². The molecule has 4 nitrogen and oxygen atoms in total. The largest absolute Gasteiger partial charge is 0.397 e. The van der Waals surface area contributed by atoms with Crippen molar-refractivity contribution in [2.45, 2.75) is 5.16 Å². The maximum absolute atomic E-state index is 5.91. The summed E-state index contributed by atoms with van der Waals surface area (Å²) in [7, 11) is 0. The molecule has 0 aliphatic heterocycles. The maximum atomic E-state index is 5.91. The van der Waals surface area contributed by atoms with Crippen molar-refractivity contribution in [1.29, 1.82) is 0 Å². The number of nitrogens with two attached hydrogens (primary N) is 1. The molecule has 7 heteroatoms. The monoisotopic (exact) mass is 300 g/mol. The second-order valence-electron chi connectivity index (χ2n) is 3.42. The van der Waals surface area contributed by atoms with Crippen LogP contribution in [0, 0.1) is 0 Å². The molecule has 1 aromatic heterocycles. The summed E-state index contributed by atoms with van der Waals surface area (Å²) in [6.07, 6.45) is 1.88. The number of hydrogen-bond donors (Lipinski definition) is 2. The summed E-state index contributed by atoms with van der Waals surface area (Å²) in [6, 6.07) is 6.80. The Balaban J connectivity index is 2.33. The molecule has 0 amide bonds. The van der Waals surface area contributed by atoms with Gasteiger partial charge in [0.2, 0.25) is 0 Å². The standard InChI is InChI=1S/C11H10Cl2N4S/c1-18-11-16-9(13)5-10(17-11)15-8-4-6(12)2-3-7(8)14/h2-5H,14H2,1H3,(H,15,16,17). The highest BCUT2D eigenvalue weighted by Crippen LogP contribution is 2.27. The molecular weight excluding hydrogens is 291 g/mol. The molecule has 0 unspecified atom stereocenters. The summed E-state index contributed by atoms with van der Waals surface area (Å²) in [5.74, 6) is 0.577. The normalized spacial score (nSPS) is 10.4. The molecule has 2 rings (SSSR count). The third-order valence-electron chi connectivity index (χ3n) is 2.14. The van der Waals surface area contributed by atoms with Crippen LogP contribution in [-0.2, 0) is 0 Å². The fourth-order valence-electron chi connectivity index (χ4n) is 1.33. The zero-order chi connectivity index (χ0) is 13.1. The van der Waals surface area contributed by atoms with Gasteiger partial charge in [0, 0.05) is 11.1 Å². The number of rotatable bonds is 3. The van der Waals surface area contributed by atoms with Gasteiger partial charge in [-0.05, 0) is 24.5 Å². The molecule has 1 aromatic carbocycles. The van der Waals surface area contributed by atoms with Crippen LogP contribution in [0.1, 0.15) is 0 Å². The summed E-state index contributed by atoms with van der Waals surface area (Å²) in [4.78, 5) is 8.33. The zero-order valence-corrected chi connectivity index (χ0v) is 11.8. The number of anilines is 3. The second kappa shape index (κ2) is 5.65. The van der Waals surface area contributed by atoms with Crippen molar-refractivity contribution in [2.75, 3.05) is 17.3 Å². The minimum Gasteiger partial charge on any atom is -0.397 e. The Bertz CT molecular complexity index is 577. The summed E-state index contributed by atoms with van der Waals surface area (Å²) >= 11 is 13.2. The lowest BCUT2D eigenvalue weighted by Crippen LogP contribution is -1.99. The molecule has 0 aliphatic rings. The SMILES string of the molecule is CSc1nc(Cl)cc(Nc2cc(Cl)ccc2N)n1. The molecule has 0 saturated heterocycles. The number of halogens is 2. The minimum absolute atomic E-state index is 0.373. The van der Waals surface area contributed by atoms with Crippen LogP contribution in [0.3, 0.4) is 0 Å². The smallest absolute Gasteiger partial charge is 0.190 e. The van der Waals surface area contributed by atoms with Crippen LogP contribution in [0.15, 0.2) is 29.4 Å². The molecular formula is C11H10Cl2N4S. The van der Waals surface area contributed by atoms with Gasteiger partial charge >= 0.3 is 0 Å². The third kappa shape index (κ3) is 3.19. The van der Waals surface area contributed by atoms with Gasteiger partial charge in [-0.3, -0.25) is 0 Å². The number of hydrogen-bond acceptors (Lipinski definition) is 5. The Morgan fingerprint density at radius 2 is 2.00 bits per heavy atom. The van der Waals surface area contributed by atoms with Gasteiger partial charge in [0.25, 0.3) is 0 Å². The van der Waals surface area contributed by atoms with E-state index in [1.165, 1.54) is 11.8 Å². The number of nitrogens with one attached hydrogen (secondary N) is 1. The maximum Gasteiger partial charge on any atom is 0.190 e. The number of thioether (sulfide) groups is 1. The Hall–Kier alpha value is -1.17. The van der Waals surface area contributed by atoms with Gasteiger partial charge in [0.05, 0.1) is 11.4 Å². The lowest BCUT2D eigenvalue weighted by Gasteiger charge is -2.09.